The van der Waals surface area contributed by atoms with Crippen molar-refractivity contribution in [2.45, 2.75) is 25.7 Å². The number of halogens is 1. The monoisotopic (exact) mass is 471 g/mol. The second kappa shape index (κ2) is 10.3. The zero-order valence-electron chi connectivity index (χ0n) is 17.2. The van der Waals surface area contributed by atoms with Crippen molar-refractivity contribution in [1.82, 2.24) is 4.98 Å². The van der Waals surface area contributed by atoms with Crippen LogP contribution in [0.5, 0.6) is 0 Å². The van der Waals surface area contributed by atoms with Gasteiger partial charge in [-0.1, -0.05) is 53.3 Å². The number of aromatic nitrogens is 1. The molecule has 3 rings (SSSR count). The number of nitrogens with zero attached hydrogens (tertiary/aromatic N) is 2. The second-order valence-electron chi connectivity index (χ2n) is 7.10. The Morgan fingerprint density at radius 1 is 1.19 bits per heavy atom. The lowest BCUT2D eigenvalue weighted by molar-refractivity contribution is -0.137. The first-order valence-electron chi connectivity index (χ1n) is 9.66. The predicted octanol–water partition coefficient (Wildman–Crippen LogP) is 4.26. The van der Waals surface area contributed by atoms with Gasteiger partial charge in [-0.05, 0) is 30.7 Å². The van der Waals surface area contributed by atoms with Crippen molar-refractivity contribution in [3.8, 4) is 10.4 Å². The van der Waals surface area contributed by atoms with Crippen molar-refractivity contribution in [3.63, 3.8) is 0 Å². The molecule has 0 saturated heterocycles. The highest BCUT2D eigenvalue weighted by molar-refractivity contribution is 7.18. The van der Waals surface area contributed by atoms with E-state index < -0.39 is 11.9 Å². The van der Waals surface area contributed by atoms with Crippen LogP contribution in [0, 0.1) is 6.92 Å². The summed E-state index contributed by atoms with van der Waals surface area (Å²) in [5.74, 6) is -1.79. The topological polar surface area (TPSA) is 144 Å². The normalized spacial score (nSPS) is 11.6. The zero-order valence-corrected chi connectivity index (χ0v) is 18.8. The van der Waals surface area contributed by atoms with Crippen LogP contribution in [-0.4, -0.2) is 27.9 Å². The highest BCUT2D eigenvalue weighted by Gasteiger charge is 2.20. The van der Waals surface area contributed by atoms with E-state index in [1.54, 1.807) is 18.2 Å². The van der Waals surface area contributed by atoms with Crippen molar-refractivity contribution >= 4 is 51.6 Å². The minimum atomic E-state index is -0.960. The molecule has 3 aromatic rings. The molecule has 32 heavy (non-hydrogen) atoms. The van der Waals surface area contributed by atoms with Gasteiger partial charge in [-0.2, -0.15) is 4.99 Å². The van der Waals surface area contributed by atoms with Crippen molar-refractivity contribution in [3.05, 3.63) is 64.8 Å². The molecule has 0 spiro atoms. The first-order valence-corrected chi connectivity index (χ1v) is 10.9. The Morgan fingerprint density at radius 2 is 1.91 bits per heavy atom. The lowest BCUT2D eigenvalue weighted by Gasteiger charge is -2.15. The Bertz CT molecular complexity index is 1160. The molecule has 1 amide bonds. The molecule has 8 nitrogen and oxygen atoms in total. The Hall–Kier alpha value is -3.43. The fourth-order valence-corrected chi connectivity index (χ4v) is 4.50. The number of guanidine groups is 1. The average Bonchev–Trinajstić information content (AvgIpc) is 3.08. The van der Waals surface area contributed by atoms with E-state index in [4.69, 9.17) is 23.1 Å². The fraction of sp³-hybridized carbons (Fsp3) is 0.182. The molecular formula is C22H22ClN5O3S. The first-order chi connectivity index (χ1) is 15.2. The third kappa shape index (κ3) is 6.05. The summed E-state index contributed by atoms with van der Waals surface area (Å²) in [5, 5.41) is 13.0. The van der Waals surface area contributed by atoms with E-state index in [2.05, 4.69) is 15.3 Å². The number of carbonyl (C=O) groups is 2. The van der Waals surface area contributed by atoms with Crippen LogP contribution in [0.25, 0.3) is 10.4 Å². The minimum Gasteiger partial charge on any atom is -0.481 e. The lowest BCUT2D eigenvalue weighted by atomic mass is 9.92. The molecule has 1 heterocycles. The minimum absolute atomic E-state index is 0.0303. The molecule has 1 unspecified atom stereocenters. The van der Waals surface area contributed by atoms with Crippen LogP contribution in [0.1, 0.15) is 30.0 Å². The molecule has 0 fully saturated rings. The number of rotatable bonds is 8. The molecule has 166 valence electrons. The van der Waals surface area contributed by atoms with Gasteiger partial charge in [0.15, 0.2) is 5.96 Å². The van der Waals surface area contributed by atoms with Crippen LogP contribution in [0.2, 0.25) is 5.02 Å². The third-order valence-electron chi connectivity index (χ3n) is 4.63. The number of benzene rings is 2. The number of anilines is 1. The highest BCUT2D eigenvalue weighted by atomic mass is 35.5. The standard InChI is InChI=1S/C22H22ClN5O3S/c1-12-20(32-22(26-12)28-21(24)25)16-11-15(7-8-17(16)23)27-18(29)9-14(10-19(30)31)13-5-3-2-4-6-13/h2-8,11,14H,9-10H2,1H3,(H,27,29)(H,30,31)(H4,24,25,26,28). The number of hydrogen-bond donors (Lipinski definition) is 4. The van der Waals surface area contributed by atoms with Gasteiger partial charge in [-0.3, -0.25) is 9.59 Å². The average molecular weight is 472 g/mol. The van der Waals surface area contributed by atoms with Crippen molar-refractivity contribution < 1.29 is 14.7 Å². The summed E-state index contributed by atoms with van der Waals surface area (Å²) in [5.41, 5.74) is 13.6. The molecule has 0 aliphatic rings. The van der Waals surface area contributed by atoms with E-state index in [9.17, 15) is 14.7 Å². The summed E-state index contributed by atoms with van der Waals surface area (Å²) in [4.78, 5) is 33.1. The molecular weight excluding hydrogens is 450 g/mol. The van der Waals surface area contributed by atoms with Crippen LogP contribution in [0.3, 0.4) is 0 Å². The number of aryl methyl sites for hydroxylation is 1. The van der Waals surface area contributed by atoms with Gasteiger partial charge in [0.05, 0.1) is 17.0 Å². The first kappa shape index (κ1) is 23.2. The molecule has 1 aromatic heterocycles. The van der Waals surface area contributed by atoms with Gasteiger partial charge in [-0.25, -0.2) is 4.98 Å². The predicted molar refractivity (Wildman–Crippen MR) is 127 cm³/mol. The summed E-state index contributed by atoms with van der Waals surface area (Å²) >= 11 is 7.67. The lowest BCUT2D eigenvalue weighted by Crippen LogP contribution is -2.21. The smallest absolute Gasteiger partial charge is 0.303 e. The van der Waals surface area contributed by atoms with Gasteiger partial charge < -0.3 is 21.9 Å². The Kier molecular flexibility index (Phi) is 7.45. The van der Waals surface area contributed by atoms with E-state index in [0.29, 0.717) is 27.1 Å². The summed E-state index contributed by atoms with van der Waals surface area (Å²) < 4.78 is 0. The number of aliphatic carboxylic acids is 1. The zero-order chi connectivity index (χ0) is 23.3. The molecule has 0 aliphatic carbocycles. The van der Waals surface area contributed by atoms with Gasteiger partial charge in [0.2, 0.25) is 11.0 Å². The van der Waals surface area contributed by atoms with Gasteiger partial charge >= 0.3 is 5.97 Å². The maximum absolute atomic E-state index is 12.7. The molecule has 0 bridgehead atoms. The third-order valence-corrected chi connectivity index (χ3v) is 6.04. The second-order valence-corrected chi connectivity index (χ2v) is 8.48. The van der Waals surface area contributed by atoms with Gasteiger partial charge in [0, 0.05) is 28.6 Å². The molecule has 0 radical (unpaired) electrons. The fourth-order valence-electron chi connectivity index (χ4n) is 3.25. The largest absolute Gasteiger partial charge is 0.481 e. The number of hydrogen-bond acceptors (Lipinski definition) is 5. The molecule has 10 heteroatoms. The van der Waals surface area contributed by atoms with E-state index in [1.165, 1.54) is 11.3 Å². The molecule has 1 atom stereocenters. The summed E-state index contributed by atoms with van der Waals surface area (Å²) in [6.07, 6.45) is -0.112. The SMILES string of the molecule is Cc1nc(N=C(N)N)sc1-c1cc(NC(=O)CC(CC(=O)O)c2ccccc2)ccc1Cl. The number of nitrogens with one attached hydrogen (secondary N) is 1. The summed E-state index contributed by atoms with van der Waals surface area (Å²) in [7, 11) is 0. The Morgan fingerprint density at radius 3 is 2.56 bits per heavy atom. The van der Waals surface area contributed by atoms with Gasteiger partial charge in [0.25, 0.3) is 0 Å². The van der Waals surface area contributed by atoms with Crippen LogP contribution >= 0.6 is 22.9 Å². The van der Waals surface area contributed by atoms with Crippen LogP contribution in [-0.2, 0) is 9.59 Å². The maximum Gasteiger partial charge on any atom is 0.303 e. The van der Waals surface area contributed by atoms with E-state index in [0.717, 1.165) is 10.4 Å². The van der Waals surface area contributed by atoms with Crippen LogP contribution in [0.4, 0.5) is 10.8 Å². The van der Waals surface area contributed by atoms with E-state index in [-0.39, 0.29) is 24.7 Å². The van der Waals surface area contributed by atoms with Crippen molar-refractivity contribution in [1.29, 1.82) is 0 Å². The molecule has 2 aromatic carbocycles. The molecule has 0 saturated carbocycles. The number of carboxylic acid groups (broad SMARTS) is 1. The van der Waals surface area contributed by atoms with Crippen LogP contribution in [0.15, 0.2) is 53.5 Å². The number of amides is 1. The number of carboxylic acids is 1. The maximum atomic E-state index is 12.7. The van der Waals surface area contributed by atoms with E-state index in [1.807, 2.05) is 37.3 Å². The quantitative estimate of drug-likeness (QED) is 0.285. The Labute approximate surface area is 194 Å². The molecule has 6 N–H and O–H groups in total. The van der Waals surface area contributed by atoms with Crippen molar-refractivity contribution in [2.24, 2.45) is 16.5 Å². The number of aliphatic imine (C=N–C) groups is 1. The van der Waals surface area contributed by atoms with Gasteiger partial charge in [-0.15, -0.1) is 0 Å². The van der Waals surface area contributed by atoms with Crippen LogP contribution < -0.4 is 16.8 Å². The summed E-state index contributed by atoms with van der Waals surface area (Å²) in [6, 6.07) is 14.2. The molecule has 0 aliphatic heterocycles. The summed E-state index contributed by atoms with van der Waals surface area (Å²) in [6.45, 7) is 1.81. The number of carbonyl (C=O) groups excluding carboxylic acids is 1. The van der Waals surface area contributed by atoms with Crippen molar-refractivity contribution in [2.75, 3.05) is 5.32 Å². The Balaban J connectivity index is 1.81. The number of thiazole rings is 1. The van der Waals surface area contributed by atoms with Gasteiger partial charge in [0.1, 0.15) is 0 Å². The highest BCUT2D eigenvalue weighted by Crippen LogP contribution is 2.39. The number of nitrogens with two attached hydrogens (primary N) is 2. The van der Waals surface area contributed by atoms with E-state index >= 15 is 0 Å².